The summed E-state index contributed by atoms with van der Waals surface area (Å²) in [7, 11) is 10.5. The number of rotatable bonds is 17. The SMILES string of the molecule is Cc1cc(C(=O)NCCC(=O)Nc2cn(C)c(C(=O)Nc3cc(C(=O)Nc4cn(C)c(C(=O)NCCC(=O)NCCCN(C)C)n4)n(C)c3)n2)n(C)c1. The molecule has 0 aliphatic carbocycles. The minimum absolute atomic E-state index is 0.00228. The summed E-state index contributed by atoms with van der Waals surface area (Å²) in [6, 6.07) is 3.22. The van der Waals surface area contributed by atoms with Crippen molar-refractivity contribution in [3.63, 3.8) is 0 Å². The van der Waals surface area contributed by atoms with E-state index >= 15 is 0 Å². The highest BCUT2D eigenvalue weighted by Gasteiger charge is 2.21. The normalized spacial score (nSPS) is 10.9. The first kappa shape index (κ1) is 39.5. The van der Waals surface area contributed by atoms with Crippen molar-refractivity contribution in [2.45, 2.75) is 26.2 Å². The second-order valence-corrected chi connectivity index (χ2v) is 12.8. The van der Waals surface area contributed by atoms with Crippen molar-refractivity contribution in [3.05, 3.63) is 65.5 Å². The molecule has 0 saturated carbocycles. The Kier molecular flexibility index (Phi) is 13.3. The Labute approximate surface area is 306 Å². The van der Waals surface area contributed by atoms with Crippen molar-refractivity contribution in [1.29, 1.82) is 0 Å². The highest BCUT2D eigenvalue weighted by molar-refractivity contribution is 6.06. The zero-order chi connectivity index (χ0) is 38.8. The van der Waals surface area contributed by atoms with Gasteiger partial charge >= 0.3 is 0 Å². The fraction of sp³-hybridized carbons (Fsp3) is 0.412. The number of anilines is 3. The predicted molar refractivity (Wildman–Crippen MR) is 197 cm³/mol. The van der Waals surface area contributed by atoms with Gasteiger partial charge in [-0.1, -0.05) is 0 Å². The lowest BCUT2D eigenvalue weighted by molar-refractivity contribution is -0.121. The molecule has 0 saturated heterocycles. The Morgan fingerprint density at radius 2 is 1.17 bits per heavy atom. The van der Waals surface area contributed by atoms with Gasteiger partial charge in [0.2, 0.25) is 23.5 Å². The molecule has 4 aromatic heterocycles. The minimum Gasteiger partial charge on any atom is -0.356 e. The zero-order valence-corrected chi connectivity index (χ0v) is 31.0. The number of nitrogens with one attached hydrogen (secondary N) is 6. The molecule has 0 aliphatic rings. The molecule has 0 bridgehead atoms. The van der Waals surface area contributed by atoms with E-state index in [1.54, 1.807) is 45.0 Å². The molecule has 19 nitrogen and oxygen atoms in total. The molecule has 0 unspecified atom stereocenters. The van der Waals surface area contributed by atoms with Crippen LogP contribution in [0.1, 0.15) is 67.0 Å². The minimum atomic E-state index is -0.585. The second kappa shape index (κ2) is 17.8. The summed E-state index contributed by atoms with van der Waals surface area (Å²) >= 11 is 0. The number of aryl methyl sites for hydroxylation is 5. The van der Waals surface area contributed by atoms with Crippen LogP contribution < -0.4 is 31.9 Å². The second-order valence-electron chi connectivity index (χ2n) is 12.8. The predicted octanol–water partition coefficient (Wildman–Crippen LogP) is 0.590. The highest BCUT2D eigenvalue weighted by Crippen LogP contribution is 2.17. The van der Waals surface area contributed by atoms with Gasteiger partial charge in [0.05, 0.1) is 5.69 Å². The van der Waals surface area contributed by atoms with Crippen molar-refractivity contribution >= 4 is 52.8 Å². The zero-order valence-electron chi connectivity index (χ0n) is 31.0. The van der Waals surface area contributed by atoms with Crippen LogP contribution in [0.5, 0.6) is 0 Å². The number of carbonyl (C=O) groups excluding carboxylic acids is 6. The molecule has 4 rings (SSSR count). The van der Waals surface area contributed by atoms with E-state index < -0.39 is 23.6 Å². The first-order valence-electron chi connectivity index (χ1n) is 16.9. The Morgan fingerprint density at radius 3 is 1.79 bits per heavy atom. The first-order valence-corrected chi connectivity index (χ1v) is 16.9. The lowest BCUT2D eigenvalue weighted by atomic mass is 10.3. The standard InChI is InChI=1S/C34H47N13O6/c1-21-15-23(44(4)17-21)31(50)36-13-10-28(49)39-25-19-47(7)30(40-25)34(53)38-22-16-24(45(5)18-22)32(51)42-26-20-46(6)29(41-26)33(52)37-12-9-27(48)35-11-8-14-43(2)3/h15-20H,8-14H2,1-7H3,(H,35,48)(H,36,50)(H,37,52)(H,38,53)(H,39,49)(H,42,51). The molecule has 0 spiro atoms. The van der Waals surface area contributed by atoms with Gasteiger partial charge in [-0.15, -0.1) is 0 Å². The van der Waals surface area contributed by atoms with Gasteiger partial charge in [-0.3, -0.25) is 28.8 Å². The molecule has 0 fully saturated rings. The van der Waals surface area contributed by atoms with E-state index in [2.05, 4.69) is 41.9 Å². The molecule has 0 aliphatic heterocycles. The average molecular weight is 734 g/mol. The van der Waals surface area contributed by atoms with Crippen molar-refractivity contribution in [2.24, 2.45) is 28.2 Å². The summed E-state index contributed by atoms with van der Waals surface area (Å²) in [5.41, 5.74) is 1.93. The van der Waals surface area contributed by atoms with E-state index in [0.29, 0.717) is 17.9 Å². The third-order valence-electron chi connectivity index (χ3n) is 7.92. The van der Waals surface area contributed by atoms with E-state index in [1.807, 2.05) is 32.1 Å². The van der Waals surface area contributed by atoms with Crippen LogP contribution in [0.2, 0.25) is 0 Å². The van der Waals surface area contributed by atoms with Crippen molar-refractivity contribution < 1.29 is 28.8 Å². The van der Waals surface area contributed by atoms with Gasteiger partial charge in [0, 0.05) is 85.5 Å². The summed E-state index contributed by atoms with van der Waals surface area (Å²) in [5.74, 6) is -2.16. The molecule has 4 heterocycles. The van der Waals surface area contributed by atoms with Gasteiger partial charge in [0.1, 0.15) is 11.4 Å². The van der Waals surface area contributed by atoms with Gasteiger partial charge in [0.15, 0.2) is 11.6 Å². The Balaban J connectivity index is 1.25. The summed E-state index contributed by atoms with van der Waals surface area (Å²) in [6.45, 7) is 3.52. The Morgan fingerprint density at radius 1 is 0.604 bits per heavy atom. The van der Waals surface area contributed by atoms with Crippen LogP contribution in [0.15, 0.2) is 36.9 Å². The number of nitrogens with zero attached hydrogens (tertiary/aromatic N) is 7. The van der Waals surface area contributed by atoms with E-state index in [0.717, 1.165) is 18.5 Å². The number of aromatic nitrogens is 6. The average Bonchev–Trinajstić information content (AvgIpc) is 3.83. The first-order chi connectivity index (χ1) is 25.1. The van der Waals surface area contributed by atoms with E-state index in [9.17, 15) is 28.8 Å². The molecular formula is C34H47N13O6. The monoisotopic (exact) mass is 733 g/mol. The van der Waals surface area contributed by atoms with Crippen molar-refractivity contribution in [2.75, 3.05) is 56.2 Å². The number of hydrogen-bond acceptors (Lipinski definition) is 9. The fourth-order valence-electron chi connectivity index (χ4n) is 5.32. The van der Waals surface area contributed by atoms with Crippen LogP contribution in [-0.2, 0) is 37.8 Å². The van der Waals surface area contributed by atoms with Crippen LogP contribution >= 0.6 is 0 Å². The summed E-state index contributed by atoms with van der Waals surface area (Å²) < 4.78 is 6.11. The van der Waals surface area contributed by atoms with Crippen LogP contribution in [0, 0.1) is 6.92 Å². The van der Waals surface area contributed by atoms with Crippen molar-refractivity contribution in [3.8, 4) is 0 Å². The number of amides is 6. The van der Waals surface area contributed by atoms with Crippen LogP contribution in [0.4, 0.5) is 17.3 Å². The van der Waals surface area contributed by atoms with Gasteiger partial charge in [-0.2, -0.15) is 0 Å². The maximum absolute atomic E-state index is 13.1. The van der Waals surface area contributed by atoms with Crippen LogP contribution in [0.3, 0.4) is 0 Å². The molecule has 284 valence electrons. The van der Waals surface area contributed by atoms with Gasteiger partial charge in [-0.25, -0.2) is 9.97 Å². The summed E-state index contributed by atoms with van der Waals surface area (Å²) in [4.78, 5) is 86.3. The Bertz CT molecular complexity index is 1980. The molecule has 0 aromatic carbocycles. The molecule has 4 aromatic rings. The van der Waals surface area contributed by atoms with Gasteiger partial charge < -0.3 is 55.1 Å². The van der Waals surface area contributed by atoms with Crippen LogP contribution in [0.25, 0.3) is 0 Å². The molecule has 0 atom stereocenters. The molecular weight excluding hydrogens is 686 g/mol. The maximum atomic E-state index is 13.1. The molecule has 19 heteroatoms. The van der Waals surface area contributed by atoms with Crippen molar-refractivity contribution in [1.82, 2.24) is 49.1 Å². The smallest absolute Gasteiger partial charge is 0.291 e. The number of hydrogen-bond donors (Lipinski definition) is 6. The lowest BCUT2D eigenvalue weighted by Crippen LogP contribution is -2.32. The topological polar surface area (TPSA) is 223 Å². The quantitative estimate of drug-likeness (QED) is 0.0835. The molecule has 0 radical (unpaired) electrons. The molecule has 53 heavy (non-hydrogen) atoms. The fourth-order valence-corrected chi connectivity index (χ4v) is 5.32. The molecule has 6 amide bonds. The van der Waals surface area contributed by atoms with Gasteiger partial charge in [0.25, 0.3) is 23.6 Å². The largest absolute Gasteiger partial charge is 0.356 e. The summed E-state index contributed by atoms with van der Waals surface area (Å²) in [5, 5.41) is 16.2. The number of imidazole rings is 2. The highest BCUT2D eigenvalue weighted by atomic mass is 16.2. The molecule has 6 N–H and O–H groups in total. The Hall–Kier alpha value is -6.24. The maximum Gasteiger partial charge on any atom is 0.291 e. The third-order valence-corrected chi connectivity index (χ3v) is 7.92. The van der Waals surface area contributed by atoms with E-state index in [4.69, 9.17) is 0 Å². The third kappa shape index (κ3) is 11.1. The van der Waals surface area contributed by atoms with E-state index in [1.165, 1.54) is 32.2 Å². The lowest BCUT2D eigenvalue weighted by Gasteiger charge is -2.10. The number of carbonyl (C=O) groups is 6. The van der Waals surface area contributed by atoms with Gasteiger partial charge in [-0.05, 0) is 51.7 Å². The van der Waals surface area contributed by atoms with E-state index in [-0.39, 0.29) is 66.7 Å². The van der Waals surface area contributed by atoms with Crippen LogP contribution in [-0.4, -0.2) is 109 Å². The summed E-state index contributed by atoms with van der Waals surface area (Å²) in [6.07, 6.45) is 7.26.